The first-order chi connectivity index (χ1) is 15.2. The summed E-state index contributed by atoms with van der Waals surface area (Å²) in [5.41, 5.74) is 2.68. The van der Waals surface area contributed by atoms with Gasteiger partial charge in [0.1, 0.15) is 17.7 Å². The Morgan fingerprint density at radius 1 is 0.935 bits per heavy atom. The number of ether oxygens (including phenoxy) is 3. The molecule has 1 amide bonds. The van der Waals surface area contributed by atoms with Crippen LogP contribution in [0.5, 0.6) is 17.2 Å². The van der Waals surface area contributed by atoms with Crippen molar-refractivity contribution >= 4 is 17.7 Å². The zero-order valence-corrected chi connectivity index (χ0v) is 18.4. The Balaban J connectivity index is 1.54. The Morgan fingerprint density at radius 3 is 2.45 bits per heavy atom. The molecule has 0 aliphatic carbocycles. The second-order valence-electron chi connectivity index (χ2n) is 7.11. The van der Waals surface area contributed by atoms with E-state index >= 15 is 0 Å². The van der Waals surface area contributed by atoms with Gasteiger partial charge in [-0.1, -0.05) is 48.5 Å². The van der Waals surface area contributed by atoms with Gasteiger partial charge in [-0.05, 0) is 35.4 Å². The molecule has 0 aromatic heterocycles. The van der Waals surface area contributed by atoms with Gasteiger partial charge < -0.3 is 19.1 Å². The van der Waals surface area contributed by atoms with Crippen LogP contribution in [0, 0.1) is 0 Å². The van der Waals surface area contributed by atoms with Crippen LogP contribution in [0.1, 0.15) is 26.9 Å². The lowest BCUT2D eigenvalue weighted by Gasteiger charge is -2.25. The number of carbonyl (C=O) groups is 1. The van der Waals surface area contributed by atoms with E-state index in [4.69, 9.17) is 14.2 Å². The van der Waals surface area contributed by atoms with Crippen LogP contribution in [-0.4, -0.2) is 37.3 Å². The minimum Gasteiger partial charge on any atom is -0.496 e. The highest BCUT2D eigenvalue weighted by atomic mass is 32.2. The molecule has 5 nitrogen and oxygen atoms in total. The fourth-order valence-corrected chi connectivity index (χ4v) is 4.87. The van der Waals surface area contributed by atoms with E-state index in [1.54, 1.807) is 26.0 Å². The molecule has 1 unspecified atom stereocenters. The van der Waals surface area contributed by atoms with Crippen molar-refractivity contribution in [3.63, 3.8) is 0 Å². The molecule has 0 N–H and O–H groups in total. The van der Waals surface area contributed by atoms with Crippen LogP contribution in [0.15, 0.2) is 72.8 Å². The zero-order valence-electron chi connectivity index (χ0n) is 17.6. The van der Waals surface area contributed by atoms with E-state index in [9.17, 15) is 4.79 Å². The van der Waals surface area contributed by atoms with Gasteiger partial charge in [0.2, 0.25) is 0 Å². The molecule has 1 aliphatic rings. The van der Waals surface area contributed by atoms with Gasteiger partial charge in [-0.25, -0.2) is 0 Å². The number of amides is 1. The Kier molecular flexibility index (Phi) is 6.67. The first-order valence-corrected chi connectivity index (χ1v) is 11.2. The fraction of sp³-hybridized carbons (Fsp3) is 0.240. The monoisotopic (exact) mass is 435 g/mol. The first-order valence-electron chi connectivity index (χ1n) is 10.1. The van der Waals surface area contributed by atoms with E-state index < -0.39 is 0 Å². The van der Waals surface area contributed by atoms with Crippen LogP contribution in [-0.2, 0) is 6.61 Å². The lowest BCUT2D eigenvalue weighted by molar-refractivity contribution is 0.0756. The van der Waals surface area contributed by atoms with Crippen LogP contribution >= 0.6 is 11.8 Å². The molecule has 1 fully saturated rings. The third kappa shape index (κ3) is 4.64. The molecule has 160 valence electrons. The SMILES string of the molecule is COc1cc(C2SCCN2C(=O)c2ccccc2OC)ccc1OCc1ccccc1. The molecule has 0 bridgehead atoms. The quantitative estimate of drug-likeness (QED) is 0.512. The van der Waals surface area contributed by atoms with Crippen molar-refractivity contribution < 1.29 is 19.0 Å². The number of hydrogen-bond donors (Lipinski definition) is 0. The number of thioether (sulfide) groups is 1. The summed E-state index contributed by atoms with van der Waals surface area (Å²) in [5.74, 6) is 2.77. The molecule has 0 spiro atoms. The average molecular weight is 436 g/mol. The summed E-state index contributed by atoms with van der Waals surface area (Å²) in [6.45, 7) is 1.15. The van der Waals surface area contributed by atoms with E-state index in [2.05, 4.69) is 0 Å². The molecule has 4 rings (SSSR count). The summed E-state index contributed by atoms with van der Waals surface area (Å²) >= 11 is 1.74. The van der Waals surface area contributed by atoms with Gasteiger partial charge in [0.25, 0.3) is 5.91 Å². The molecule has 6 heteroatoms. The first kappa shape index (κ1) is 21.1. The van der Waals surface area contributed by atoms with Gasteiger partial charge in [-0.2, -0.15) is 0 Å². The number of hydrogen-bond acceptors (Lipinski definition) is 5. The molecule has 0 saturated carbocycles. The highest BCUT2D eigenvalue weighted by molar-refractivity contribution is 7.99. The normalized spacial score (nSPS) is 15.5. The molecule has 1 heterocycles. The van der Waals surface area contributed by atoms with Crippen molar-refractivity contribution in [2.24, 2.45) is 0 Å². The summed E-state index contributed by atoms with van der Waals surface area (Å²) in [6.07, 6.45) is 0. The molecule has 3 aromatic rings. The standard InChI is InChI=1S/C25H25NO4S/c1-28-21-11-7-6-10-20(21)24(27)26-14-15-31-25(26)19-12-13-22(23(16-19)29-2)30-17-18-8-4-3-5-9-18/h3-13,16,25H,14-15,17H2,1-2H3. The molecular weight excluding hydrogens is 410 g/mol. The maximum atomic E-state index is 13.3. The molecule has 1 atom stereocenters. The molecule has 1 saturated heterocycles. The maximum absolute atomic E-state index is 13.3. The summed E-state index contributed by atoms with van der Waals surface area (Å²) in [5, 5.41) is -0.0884. The smallest absolute Gasteiger partial charge is 0.258 e. The third-order valence-corrected chi connectivity index (χ3v) is 6.46. The molecule has 1 aliphatic heterocycles. The van der Waals surface area contributed by atoms with E-state index in [0.29, 0.717) is 36.0 Å². The number of nitrogens with zero attached hydrogens (tertiary/aromatic N) is 1. The fourth-order valence-electron chi connectivity index (χ4n) is 3.62. The van der Waals surface area contributed by atoms with Gasteiger partial charge >= 0.3 is 0 Å². The van der Waals surface area contributed by atoms with Gasteiger partial charge in [0.05, 0.1) is 19.8 Å². The van der Waals surface area contributed by atoms with E-state index in [1.807, 2.05) is 77.7 Å². The number of para-hydroxylation sites is 1. The zero-order chi connectivity index (χ0) is 21.6. The number of benzene rings is 3. The van der Waals surface area contributed by atoms with Crippen molar-refractivity contribution in [2.75, 3.05) is 26.5 Å². The topological polar surface area (TPSA) is 48.0 Å². The highest BCUT2D eigenvalue weighted by Crippen LogP contribution is 2.42. The summed E-state index contributed by atoms with van der Waals surface area (Å²) in [4.78, 5) is 15.2. The lowest BCUT2D eigenvalue weighted by atomic mass is 10.1. The summed E-state index contributed by atoms with van der Waals surface area (Å²) < 4.78 is 17.0. The van der Waals surface area contributed by atoms with Crippen molar-refractivity contribution in [2.45, 2.75) is 12.0 Å². The number of methoxy groups -OCH3 is 2. The molecular formula is C25H25NO4S. The summed E-state index contributed by atoms with van der Waals surface area (Å²) in [6, 6.07) is 23.2. The highest BCUT2D eigenvalue weighted by Gasteiger charge is 2.33. The lowest BCUT2D eigenvalue weighted by Crippen LogP contribution is -2.30. The van der Waals surface area contributed by atoms with Crippen molar-refractivity contribution in [3.8, 4) is 17.2 Å². The van der Waals surface area contributed by atoms with Crippen molar-refractivity contribution in [1.29, 1.82) is 0 Å². The van der Waals surface area contributed by atoms with Crippen molar-refractivity contribution in [3.05, 3.63) is 89.5 Å². The van der Waals surface area contributed by atoms with Gasteiger partial charge in [0.15, 0.2) is 11.5 Å². The van der Waals surface area contributed by atoms with Crippen LogP contribution in [0.25, 0.3) is 0 Å². The minimum atomic E-state index is -0.0884. The predicted octanol–water partition coefficient (Wildman–Crippen LogP) is 5.17. The second kappa shape index (κ2) is 9.79. The maximum Gasteiger partial charge on any atom is 0.258 e. The van der Waals surface area contributed by atoms with E-state index in [-0.39, 0.29) is 11.3 Å². The number of rotatable bonds is 7. The Labute approximate surface area is 186 Å². The summed E-state index contributed by atoms with van der Waals surface area (Å²) in [7, 11) is 3.22. The van der Waals surface area contributed by atoms with E-state index in [1.165, 1.54) is 0 Å². The van der Waals surface area contributed by atoms with Gasteiger partial charge in [-0.15, -0.1) is 11.8 Å². The molecule has 0 radical (unpaired) electrons. The Hall–Kier alpha value is -3.12. The average Bonchev–Trinajstić information content (AvgIpc) is 3.32. The van der Waals surface area contributed by atoms with E-state index in [0.717, 1.165) is 16.9 Å². The largest absolute Gasteiger partial charge is 0.496 e. The molecule has 3 aromatic carbocycles. The Bertz CT molecular complexity index is 1040. The van der Waals surface area contributed by atoms with Gasteiger partial charge in [0, 0.05) is 12.3 Å². The second-order valence-corrected chi connectivity index (χ2v) is 8.29. The Morgan fingerprint density at radius 2 is 1.68 bits per heavy atom. The molecule has 31 heavy (non-hydrogen) atoms. The van der Waals surface area contributed by atoms with Crippen LogP contribution < -0.4 is 14.2 Å². The van der Waals surface area contributed by atoms with Crippen LogP contribution in [0.2, 0.25) is 0 Å². The van der Waals surface area contributed by atoms with Crippen LogP contribution in [0.3, 0.4) is 0 Å². The number of carbonyl (C=O) groups excluding carboxylic acids is 1. The van der Waals surface area contributed by atoms with Crippen molar-refractivity contribution in [1.82, 2.24) is 4.90 Å². The van der Waals surface area contributed by atoms with Gasteiger partial charge in [-0.3, -0.25) is 4.79 Å². The minimum absolute atomic E-state index is 0.0316. The third-order valence-electron chi connectivity index (χ3n) is 5.20. The van der Waals surface area contributed by atoms with Crippen LogP contribution in [0.4, 0.5) is 0 Å². The predicted molar refractivity (Wildman–Crippen MR) is 123 cm³/mol.